The van der Waals surface area contributed by atoms with Gasteiger partial charge in [0, 0.05) is 72.8 Å². The van der Waals surface area contributed by atoms with Crippen LogP contribution in [0.15, 0.2) is 273 Å². The van der Waals surface area contributed by atoms with Crippen molar-refractivity contribution < 1.29 is 0 Å². The molecule has 0 bridgehead atoms. The Morgan fingerprint density at radius 1 is 0.301 bits per heavy atom. The normalized spacial score (nSPS) is 10.8. The maximum Gasteiger partial charge on any atom is 0.160 e. The summed E-state index contributed by atoms with van der Waals surface area (Å²) in [7, 11) is 0. The molecule has 0 fully saturated rings. The fourth-order valence-electron chi connectivity index (χ4n) is 10.9. The van der Waals surface area contributed by atoms with Gasteiger partial charge in [-0.1, -0.05) is 121 Å². The standard InChI is InChI=1S/C74H45N9/c75-46-50-21-25-55(26-22-50)70-45-71(80-74(79-70)56-27-23-51(47-76)24-28-56)67-42-57(48-77)66(41-58(67)49-78)54-31-29-52(30-32-54)53-33-35-63(36-34-53)83-72-39-37-64(81(59-13-5-1-6-14-59)60-15-7-2-8-16-60)43-68(72)69-44-65(38-40-73(69)83)82(61-17-9-3-10-18-61)62-19-11-4-12-20-62/h1-45H. The second kappa shape index (κ2) is 21.9. The molecule has 0 saturated heterocycles. The van der Waals surface area contributed by atoms with Crippen LogP contribution in [-0.4, -0.2) is 14.5 Å². The van der Waals surface area contributed by atoms with Crippen LogP contribution in [0, 0.1) is 45.3 Å². The van der Waals surface area contributed by atoms with Crippen molar-refractivity contribution in [1.29, 1.82) is 21.0 Å². The zero-order valence-corrected chi connectivity index (χ0v) is 44.5. The molecule has 0 amide bonds. The fourth-order valence-corrected chi connectivity index (χ4v) is 10.9. The molecule has 0 N–H and O–H groups in total. The Morgan fingerprint density at radius 3 is 1.13 bits per heavy atom. The Kier molecular flexibility index (Phi) is 13.3. The van der Waals surface area contributed by atoms with Gasteiger partial charge in [0.05, 0.1) is 69.0 Å². The molecule has 9 nitrogen and oxygen atoms in total. The van der Waals surface area contributed by atoms with Crippen molar-refractivity contribution >= 4 is 55.9 Å². The Bertz CT molecular complexity index is 4430. The zero-order chi connectivity index (χ0) is 56.2. The van der Waals surface area contributed by atoms with Crippen molar-refractivity contribution in [2.75, 3.05) is 9.80 Å². The van der Waals surface area contributed by atoms with E-state index in [1.54, 1.807) is 54.6 Å². The molecule has 0 radical (unpaired) electrons. The summed E-state index contributed by atoms with van der Waals surface area (Å²) in [6, 6.07) is 101. The van der Waals surface area contributed by atoms with E-state index in [1.165, 1.54) is 0 Å². The summed E-state index contributed by atoms with van der Waals surface area (Å²) in [4.78, 5) is 14.4. The number of rotatable bonds is 12. The molecular formula is C74H45N9. The highest BCUT2D eigenvalue weighted by molar-refractivity contribution is 6.12. The Labute approximate surface area is 480 Å². The quantitative estimate of drug-likeness (QED) is 0.118. The minimum Gasteiger partial charge on any atom is -0.310 e. The molecule has 9 heteroatoms. The van der Waals surface area contributed by atoms with Crippen molar-refractivity contribution in [3.05, 3.63) is 295 Å². The lowest BCUT2D eigenvalue weighted by Crippen LogP contribution is -2.09. The number of nitrogens with zero attached hydrogens (tertiary/aromatic N) is 9. The first-order valence-electron chi connectivity index (χ1n) is 26.9. The third kappa shape index (κ3) is 9.73. The van der Waals surface area contributed by atoms with Crippen LogP contribution in [0.3, 0.4) is 0 Å². The summed E-state index contributed by atoms with van der Waals surface area (Å²) in [5.41, 5.74) is 17.5. The lowest BCUT2D eigenvalue weighted by atomic mass is 9.92. The van der Waals surface area contributed by atoms with E-state index in [4.69, 9.17) is 9.97 Å². The number of aromatic nitrogens is 3. The molecule has 0 aliphatic rings. The second-order valence-corrected chi connectivity index (χ2v) is 19.9. The summed E-state index contributed by atoms with van der Waals surface area (Å²) in [6.07, 6.45) is 0. The van der Waals surface area contributed by atoms with Crippen molar-refractivity contribution in [2.45, 2.75) is 0 Å². The zero-order valence-electron chi connectivity index (χ0n) is 44.5. The number of fused-ring (bicyclic) bond motifs is 3. The van der Waals surface area contributed by atoms with Crippen molar-refractivity contribution in [3.63, 3.8) is 0 Å². The molecule has 2 aromatic heterocycles. The summed E-state index contributed by atoms with van der Waals surface area (Å²) in [5.74, 6) is 0.379. The third-order valence-electron chi connectivity index (χ3n) is 14.9. The minimum absolute atomic E-state index is 0.334. The van der Waals surface area contributed by atoms with Crippen LogP contribution in [0.5, 0.6) is 0 Å². The van der Waals surface area contributed by atoms with E-state index >= 15 is 0 Å². The Morgan fingerprint density at radius 2 is 0.687 bits per heavy atom. The first kappa shape index (κ1) is 50.4. The molecule has 0 saturated carbocycles. The van der Waals surface area contributed by atoms with Crippen molar-refractivity contribution in [3.8, 4) is 86.1 Å². The SMILES string of the molecule is N#Cc1ccc(-c2cc(-c3cc(C#N)c(-c4ccc(-c5ccc(-n6c7ccc(N(c8ccccc8)c8ccccc8)cc7c7cc(N(c8ccccc8)c8ccccc8)ccc76)cc5)cc4)cc3C#N)nc(-c3ccc(C#N)cc3)n2)cc1. The highest BCUT2D eigenvalue weighted by Gasteiger charge is 2.22. The fraction of sp³-hybridized carbons (Fsp3) is 0. The molecule has 2 heterocycles. The topological polar surface area (TPSA) is 132 Å². The van der Waals surface area contributed by atoms with Gasteiger partial charge in [0.15, 0.2) is 5.82 Å². The van der Waals surface area contributed by atoms with Gasteiger partial charge in [-0.05, 0) is 168 Å². The highest BCUT2D eigenvalue weighted by Crippen LogP contribution is 2.43. The molecule has 13 aromatic rings. The average Bonchev–Trinajstić information content (AvgIpc) is 3.04. The first-order valence-corrected chi connectivity index (χ1v) is 26.9. The summed E-state index contributed by atoms with van der Waals surface area (Å²) < 4.78 is 2.35. The van der Waals surface area contributed by atoms with Crippen LogP contribution in [0.4, 0.5) is 34.1 Å². The van der Waals surface area contributed by atoms with Gasteiger partial charge in [0.2, 0.25) is 0 Å². The van der Waals surface area contributed by atoms with Crippen molar-refractivity contribution in [1.82, 2.24) is 14.5 Å². The van der Waals surface area contributed by atoms with E-state index < -0.39 is 0 Å². The highest BCUT2D eigenvalue weighted by atomic mass is 15.1. The summed E-state index contributed by atoms with van der Waals surface area (Å²) >= 11 is 0. The van der Waals surface area contributed by atoms with E-state index in [2.05, 4.69) is 196 Å². The van der Waals surface area contributed by atoms with Crippen LogP contribution < -0.4 is 9.80 Å². The monoisotopic (exact) mass is 1060 g/mol. The van der Waals surface area contributed by atoms with Gasteiger partial charge in [0.1, 0.15) is 0 Å². The van der Waals surface area contributed by atoms with E-state index in [0.29, 0.717) is 56.2 Å². The van der Waals surface area contributed by atoms with E-state index in [9.17, 15) is 21.0 Å². The van der Waals surface area contributed by atoms with E-state index in [1.807, 2.05) is 60.7 Å². The van der Waals surface area contributed by atoms with Gasteiger partial charge < -0.3 is 14.4 Å². The smallest absolute Gasteiger partial charge is 0.160 e. The maximum absolute atomic E-state index is 10.7. The summed E-state index contributed by atoms with van der Waals surface area (Å²) in [5, 5.41) is 42.5. The molecule has 0 spiro atoms. The second-order valence-electron chi connectivity index (χ2n) is 19.9. The average molecular weight is 1060 g/mol. The lowest BCUT2D eigenvalue weighted by molar-refractivity contribution is 1.18. The molecule has 11 aromatic carbocycles. The predicted molar refractivity (Wildman–Crippen MR) is 332 cm³/mol. The number of anilines is 6. The van der Waals surface area contributed by atoms with Crippen LogP contribution in [0.2, 0.25) is 0 Å². The van der Waals surface area contributed by atoms with Gasteiger partial charge in [-0.15, -0.1) is 0 Å². The van der Waals surface area contributed by atoms with E-state index in [0.717, 1.165) is 83.9 Å². The molecule has 386 valence electrons. The number of para-hydroxylation sites is 4. The van der Waals surface area contributed by atoms with Gasteiger partial charge in [0.25, 0.3) is 0 Å². The Balaban J connectivity index is 0.867. The molecule has 0 atom stereocenters. The maximum atomic E-state index is 10.7. The minimum atomic E-state index is 0.334. The number of nitriles is 4. The largest absolute Gasteiger partial charge is 0.310 e. The first-order chi connectivity index (χ1) is 40.9. The molecule has 0 aliphatic carbocycles. The van der Waals surface area contributed by atoms with Gasteiger partial charge in [-0.2, -0.15) is 21.0 Å². The van der Waals surface area contributed by atoms with Crippen LogP contribution >= 0.6 is 0 Å². The summed E-state index contributed by atoms with van der Waals surface area (Å²) in [6.45, 7) is 0. The Hall–Kier alpha value is -12.1. The molecule has 0 unspecified atom stereocenters. The molecule has 0 aliphatic heterocycles. The number of hydrogen-bond donors (Lipinski definition) is 0. The third-order valence-corrected chi connectivity index (χ3v) is 14.9. The predicted octanol–water partition coefficient (Wildman–Crippen LogP) is 18.3. The van der Waals surface area contributed by atoms with Crippen LogP contribution in [0.1, 0.15) is 22.3 Å². The van der Waals surface area contributed by atoms with Gasteiger partial charge in [-0.3, -0.25) is 0 Å². The van der Waals surface area contributed by atoms with Crippen molar-refractivity contribution in [2.24, 2.45) is 0 Å². The van der Waals surface area contributed by atoms with Gasteiger partial charge in [-0.25, -0.2) is 9.97 Å². The molecular weight excluding hydrogens is 1010 g/mol. The molecule has 13 rings (SSSR count). The van der Waals surface area contributed by atoms with E-state index in [-0.39, 0.29) is 0 Å². The molecule has 83 heavy (non-hydrogen) atoms. The van der Waals surface area contributed by atoms with Gasteiger partial charge >= 0.3 is 0 Å². The van der Waals surface area contributed by atoms with Crippen LogP contribution in [0.25, 0.3) is 83.6 Å². The lowest BCUT2D eigenvalue weighted by Gasteiger charge is -2.26. The van der Waals surface area contributed by atoms with Crippen LogP contribution in [-0.2, 0) is 0 Å². The number of hydrogen-bond acceptors (Lipinski definition) is 8. The number of benzene rings is 11.